The predicted octanol–water partition coefficient (Wildman–Crippen LogP) is 3.26. The van der Waals surface area contributed by atoms with Gasteiger partial charge in [-0.1, -0.05) is 0 Å². The van der Waals surface area contributed by atoms with E-state index in [4.69, 9.17) is 5.73 Å². The lowest BCUT2D eigenvalue weighted by Gasteiger charge is -2.08. The van der Waals surface area contributed by atoms with Gasteiger partial charge in [-0.3, -0.25) is 0 Å². The molecule has 0 saturated carbocycles. The van der Waals surface area contributed by atoms with Gasteiger partial charge in [-0.15, -0.1) is 22.7 Å². The van der Waals surface area contributed by atoms with Gasteiger partial charge in [0.05, 0.1) is 33.1 Å². The van der Waals surface area contributed by atoms with E-state index in [9.17, 15) is 0 Å². The fraction of sp³-hybridized carbons (Fsp3) is 0.167. The molecule has 2 aromatic heterocycles. The third-order valence-corrected chi connectivity index (χ3v) is 4.37. The van der Waals surface area contributed by atoms with Crippen LogP contribution in [0, 0.1) is 6.92 Å². The van der Waals surface area contributed by atoms with Gasteiger partial charge in [0.25, 0.3) is 0 Å². The van der Waals surface area contributed by atoms with Crippen molar-refractivity contribution in [2.75, 3.05) is 11.1 Å². The first-order valence-electron chi connectivity index (χ1n) is 5.51. The molecule has 0 aliphatic carbocycles. The summed E-state index contributed by atoms with van der Waals surface area (Å²) in [6.07, 6.45) is 1.89. The van der Waals surface area contributed by atoms with Crippen LogP contribution in [0.5, 0.6) is 0 Å². The van der Waals surface area contributed by atoms with Gasteiger partial charge in [-0.25, -0.2) is 9.97 Å². The number of nitrogen functional groups attached to an aromatic ring is 1. The Kier molecular flexibility index (Phi) is 2.89. The Hall–Kier alpha value is -1.66. The number of nitrogens with two attached hydrogens (primary N) is 1. The van der Waals surface area contributed by atoms with Crippen LogP contribution in [-0.4, -0.2) is 9.97 Å². The monoisotopic (exact) mass is 276 g/mol. The average Bonchev–Trinajstić information content (AvgIpc) is 2.97. The quantitative estimate of drug-likeness (QED) is 0.721. The zero-order chi connectivity index (χ0) is 12.5. The van der Waals surface area contributed by atoms with Crippen molar-refractivity contribution in [3.8, 4) is 0 Å². The number of rotatable bonds is 3. The molecule has 3 N–H and O–H groups in total. The maximum atomic E-state index is 6.10. The lowest BCUT2D eigenvalue weighted by Crippen LogP contribution is -2.01. The standard InChI is InChI=1S/C12H12N4S2/c1-7-14-4-8(18-7)5-15-9-2-3-10-12(11(9)13)16-6-17-10/h2-4,6,15H,5,13H2,1H3. The van der Waals surface area contributed by atoms with E-state index in [2.05, 4.69) is 15.3 Å². The summed E-state index contributed by atoms with van der Waals surface area (Å²) in [7, 11) is 0. The summed E-state index contributed by atoms with van der Waals surface area (Å²) >= 11 is 3.29. The Morgan fingerprint density at radius 2 is 2.22 bits per heavy atom. The van der Waals surface area contributed by atoms with E-state index in [-0.39, 0.29) is 0 Å². The van der Waals surface area contributed by atoms with Crippen LogP contribution in [0.25, 0.3) is 10.2 Å². The summed E-state index contributed by atoms with van der Waals surface area (Å²) in [5.41, 5.74) is 10.4. The second kappa shape index (κ2) is 4.55. The van der Waals surface area contributed by atoms with E-state index in [1.54, 1.807) is 22.7 Å². The lowest BCUT2D eigenvalue weighted by atomic mass is 10.2. The van der Waals surface area contributed by atoms with E-state index >= 15 is 0 Å². The minimum absolute atomic E-state index is 0.718. The van der Waals surface area contributed by atoms with Crippen LogP contribution >= 0.6 is 22.7 Å². The van der Waals surface area contributed by atoms with Gasteiger partial charge in [-0.2, -0.15) is 0 Å². The molecule has 3 aromatic rings. The van der Waals surface area contributed by atoms with Gasteiger partial charge >= 0.3 is 0 Å². The topological polar surface area (TPSA) is 63.8 Å². The number of anilines is 2. The van der Waals surface area contributed by atoms with Gasteiger partial charge in [-0.05, 0) is 19.1 Å². The molecule has 0 unspecified atom stereocenters. The molecule has 0 saturated heterocycles. The molecule has 92 valence electrons. The Bertz CT molecular complexity index is 686. The van der Waals surface area contributed by atoms with E-state index in [1.165, 1.54) is 4.88 Å². The van der Waals surface area contributed by atoms with E-state index in [1.807, 2.05) is 30.8 Å². The Morgan fingerprint density at radius 3 is 3.00 bits per heavy atom. The Labute approximate surface area is 113 Å². The molecule has 0 atom stereocenters. The largest absolute Gasteiger partial charge is 0.395 e. The van der Waals surface area contributed by atoms with Crippen LogP contribution < -0.4 is 11.1 Å². The summed E-state index contributed by atoms with van der Waals surface area (Å²) in [6, 6.07) is 4.05. The number of thiazole rings is 2. The molecule has 0 aliphatic rings. The number of aryl methyl sites for hydroxylation is 1. The predicted molar refractivity (Wildman–Crippen MR) is 78.2 cm³/mol. The molecule has 4 nitrogen and oxygen atoms in total. The van der Waals surface area contributed by atoms with Gasteiger partial charge in [0.1, 0.15) is 5.52 Å². The number of nitrogens with zero attached hydrogens (tertiary/aromatic N) is 2. The van der Waals surface area contributed by atoms with Crippen molar-refractivity contribution in [3.05, 3.63) is 33.7 Å². The molecule has 18 heavy (non-hydrogen) atoms. The number of benzene rings is 1. The average molecular weight is 276 g/mol. The lowest BCUT2D eigenvalue weighted by molar-refractivity contribution is 1.17. The molecule has 3 rings (SSSR count). The van der Waals surface area contributed by atoms with Gasteiger partial charge < -0.3 is 11.1 Å². The summed E-state index contributed by atoms with van der Waals surface area (Å²) in [6.45, 7) is 2.75. The molecule has 0 amide bonds. The molecule has 0 spiro atoms. The van der Waals surface area contributed by atoms with Crippen LogP contribution in [0.4, 0.5) is 11.4 Å². The highest BCUT2D eigenvalue weighted by Gasteiger charge is 2.07. The number of aromatic nitrogens is 2. The van der Waals surface area contributed by atoms with E-state index in [0.29, 0.717) is 0 Å². The van der Waals surface area contributed by atoms with Crippen LogP contribution in [0.15, 0.2) is 23.8 Å². The van der Waals surface area contributed by atoms with Crippen LogP contribution in [0.2, 0.25) is 0 Å². The molecular weight excluding hydrogens is 264 g/mol. The summed E-state index contributed by atoms with van der Waals surface area (Å²) in [5, 5.41) is 4.41. The smallest absolute Gasteiger partial charge is 0.106 e. The number of hydrogen-bond donors (Lipinski definition) is 2. The molecular formula is C12H12N4S2. The number of nitrogens with one attached hydrogen (secondary N) is 1. The first kappa shape index (κ1) is 11.4. The summed E-state index contributed by atoms with van der Waals surface area (Å²) < 4.78 is 1.12. The van der Waals surface area contributed by atoms with E-state index in [0.717, 1.165) is 33.1 Å². The van der Waals surface area contributed by atoms with Crippen molar-refractivity contribution < 1.29 is 0 Å². The molecule has 0 fully saturated rings. The fourth-order valence-electron chi connectivity index (χ4n) is 1.78. The maximum Gasteiger partial charge on any atom is 0.106 e. The van der Waals surface area contributed by atoms with Crippen molar-refractivity contribution in [1.82, 2.24) is 9.97 Å². The zero-order valence-corrected chi connectivity index (χ0v) is 11.4. The minimum Gasteiger partial charge on any atom is -0.395 e. The molecule has 0 bridgehead atoms. The summed E-state index contributed by atoms with van der Waals surface area (Å²) in [4.78, 5) is 9.71. The first-order chi connectivity index (χ1) is 8.74. The minimum atomic E-state index is 0.718. The third kappa shape index (κ3) is 2.04. The molecule has 2 heterocycles. The highest BCUT2D eigenvalue weighted by atomic mass is 32.1. The second-order valence-electron chi connectivity index (χ2n) is 3.93. The second-order valence-corrected chi connectivity index (χ2v) is 6.13. The van der Waals surface area contributed by atoms with Gasteiger partial charge in [0.15, 0.2) is 0 Å². The number of hydrogen-bond acceptors (Lipinski definition) is 6. The van der Waals surface area contributed by atoms with Crippen LogP contribution in [0.1, 0.15) is 9.88 Å². The van der Waals surface area contributed by atoms with Crippen molar-refractivity contribution in [2.45, 2.75) is 13.5 Å². The van der Waals surface area contributed by atoms with Crippen LogP contribution in [0.3, 0.4) is 0 Å². The third-order valence-electron chi connectivity index (χ3n) is 2.66. The molecule has 0 aliphatic heterocycles. The van der Waals surface area contributed by atoms with Gasteiger partial charge in [0, 0.05) is 11.1 Å². The SMILES string of the molecule is Cc1ncc(CNc2ccc3scnc3c2N)s1. The van der Waals surface area contributed by atoms with Crippen molar-refractivity contribution in [3.63, 3.8) is 0 Å². The molecule has 0 radical (unpaired) electrons. The zero-order valence-electron chi connectivity index (χ0n) is 9.80. The summed E-state index contributed by atoms with van der Waals surface area (Å²) in [5.74, 6) is 0. The van der Waals surface area contributed by atoms with E-state index < -0.39 is 0 Å². The van der Waals surface area contributed by atoms with Crippen molar-refractivity contribution in [2.24, 2.45) is 0 Å². The molecule has 6 heteroatoms. The maximum absolute atomic E-state index is 6.10. The van der Waals surface area contributed by atoms with Gasteiger partial charge in [0.2, 0.25) is 0 Å². The van der Waals surface area contributed by atoms with Crippen LogP contribution in [-0.2, 0) is 6.54 Å². The Balaban J connectivity index is 1.84. The van der Waals surface area contributed by atoms with Crippen molar-refractivity contribution in [1.29, 1.82) is 0 Å². The number of fused-ring (bicyclic) bond motifs is 1. The highest BCUT2D eigenvalue weighted by Crippen LogP contribution is 2.30. The Morgan fingerprint density at radius 1 is 1.33 bits per heavy atom. The fourth-order valence-corrected chi connectivity index (χ4v) is 3.20. The molecule has 1 aromatic carbocycles. The highest BCUT2D eigenvalue weighted by molar-refractivity contribution is 7.16. The normalized spacial score (nSPS) is 10.9. The first-order valence-corrected chi connectivity index (χ1v) is 7.20. The van der Waals surface area contributed by atoms with Crippen molar-refractivity contribution >= 4 is 44.3 Å².